The molecule has 0 amide bonds. The summed E-state index contributed by atoms with van der Waals surface area (Å²) in [6.07, 6.45) is 0. The smallest absolute Gasteiger partial charge is 0.0896 e. The van der Waals surface area contributed by atoms with Gasteiger partial charge in [0, 0.05) is 12.1 Å². The van der Waals surface area contributed by atoms with Gasteiger partial charge in [0.15, 0.2) is 0 Å². The lowest BCUT2D eigenvalue weighted by atomic mass is 10.0. The SMILES string of the molecule is Cc1nn(C(CNC(C)(C)C)c2ccccc2)c(C)c1Br. The first-order valence-electron chi connectivity index (χ1n) is 7.31. The van der Waals surface area contributed by atoms with Gasteiger partial charge in [0.1, 0.15) is 0 Å². The highest BCUT2D eigenvalue weighted by atomic mass is 79.9. The maximum atomic E-state index is 4.72. The van der Waals surface area contributed by atoms with Crippen molar-refractivity contribution in [3.63, 3.8) is 0 Å². The zero-order valence-corrected chi connectivity index (χ0v) is 15.0. The van der Waals surface area contributed by atoms with E-state index in [0.29, 0.717) is 0 Å². The fraction of sp³-hybridized carbons (Fsp3) is 0.471. The largest absolute Gasteiger partial charge is 0.310 e. The molecule has 1 heterocycles. The minimum Gasteiger partial charge on any atom is -0.310 e. The Hall–Kier alpha value is -1.13. The van der Waals surface area contributed by atoms with Crippen LogP contribution >= 0.6 is 15.9 Å². The molecule has 0 saturated carbocycles. The van der Waals surface area contributed by atoms with Gasteiger partial charge in [-0.2, -0.15) is 5.10 Å². The third-order valence-corrected chi connectivity index (χ3v) is 4.69. The van der Waals surface area contributed by atoms with Crippen molar-refractivity contribution >= 4 is 15.9 Å². The standard InChI is InChI=1S/C17H24BrN3/c1-12-16(18)13(2)21(20-12)15(11-19-17(3,4)5)14-9-7-6-8-10-14/h6-10,15,19H,11H2,1-5H3. The van der Waals surface area contributed by atoms with Crippen LogP contribution in [0.1, 0.15) is 43.8 Å². The lowest BCUT2D eigenvalue weighted by Gasteiger charge is -2.26. The Balaban J connectivity index is 2.38. The van der Waals surface area contributed by atoms with Crippen molar-refractivity contribution in [2.75, 3.05) is 6.54 Å². The molecule has 1 unspecified atom stereocenters. The van der Waals surface area contributed by atoms with Crippen molar-refractivity contribution in [1.82, 2.24) is 15.1 Å². The second-order valence-electron chi connectivity index (χ2n) is 6.49. The minimum absolute atomic E-state index is 0.0837. The summed E-state index contributed by atoms with van der Waals surface area (Å²) in [6.45, 7) is 11.6. The molecule has 2 rings (SSSR count). The van der Waals surface area contributed by atoms with Crippen LogP contribution in [0.3, 0.4) is 0 Å². The molecule has 114 valence electrons. The van der Waals surface area contributed by atoms with Crippen LogP contribution < -0.4 is 5.32 Å². The second kappa shape index (κ2) is 6.32. The molecular weight excluding hydrogens is 326 g/mol. The lowest BCUT2D eigenvalue weighted by molar-refractivity contribution is 0.374. The van der Waals surface area contributed by atoms with E-state index >= 15 is 0 Å². The second-order valence-corrected chi connectivity index (χ2v) is 7.28. The van der Waals surface area contributed by atoms with Gasteiger partial charge in [-0.1, -0.05) is 30.3 Å². The Morgan fingerprint density at radius 2 is 1.81 bits per heavy atom. The summed E-state index contributed by atoms with van der Waals surface area (Å²) in [6, 6.07) is 10.7. The highest BCUT2D eigenvalue weighted by Gasteiger charge is 2.21. The van der Waals surface area contributed by atoms with Gasteiger partial charge >= 0.3 is 0 Å². The van der Waals surface area contributed by atoms with Gasteiger partial charge in [-0.3, -0.25) is 4.68 Å². The van der Waals surface area contributed by atoms with E-state index in [-0.39, 0.29) is 11.6 Å². The van der Waals surface area contributed by atoms with Crippen molar-refractivity contribution in [3.8, 4) is 0 Å². The predicted octanol–water partition coefficient (Wildman–Crippen LogP) is 4.24. The van der Waals surface area contributed by atoms with E-state index in [1.54, 1.807) is 0 Å². The Bertz CT molecular complexity index is 596. The summed E-state index contributed by atoms with van der Waals surface area (Å²) in [4.78, 5) is 0. The number of aryl methyl sites for hydroxylation is 1. The number of hydrogen-bond acceptors (Lipinski definition) is 2. The number of benzene rings is 1. The lowest BCUT2D eigenvalue weighted by Crippen LogP contribution is -2.40. The average Bonchev–Trinajstić information content (AvgIpc) is 2.67. The van der Waals surface area contributed by atoms with Crippen molar-refractivity contribution in [3.05, 3.63) is 51.8 Å². The number of hydrogen-bond donors (Lipinski definition) is 1. The van der Waals surface area contributed by atoms with Gasteiger partial charge in [0.25, 0.3) is 0 Å². The fourth-order valence-corrected chi connectivity index (χ4v) is 2.63. The first kappa shape index (κ1) is 16.2. The van der Waals surface area contributed by atoms with Gasteiger partial charge in [0.2, 0.25) is 0 Å². The van der Waals surface area contributed by atoms with Crippen LogP contribution in [-0.4, -0.2) is 21.9 Å². The average molecular weight is 350 g/mol. The molecule has 2 aromatic rings. The summed E-state index contributed by atoms with van der Waals surface area (Å²) >= 11 is 3.63. The molecule has 1 aromatic carbocycles. The van der Waals surface area contributed by atoms with Crippen LogP contribution in [0.15, 0.2) is 34.8 Å². The molecular formula is C17H24BrN3. The molecule has 4 heteroatoms. The zero-order valence-electron chi connectivity index (χ0n) is 13.4. The molecule has 1 atom stereocenters. The van der Waals surface area contributed by atoms with E-state index in [0.717, 1.165) is 22.4 Å². The molecule has 0 spiro atoms. The third kappa shape index (κ3) is 3.95. The molecule has 21 heavy (non-hydrogen) atoms. The first-order valence-corrected chi connectivity index (χ1v) is 8.10. The van der Waals surface area contributed by atoms with Gasteiger partial charge in [-0.05, 0) is 56.1 Å². The molecule has 0 aliphatic rings. The Morgan fingerprint density at radius 1 is 1.19 bits per heavy atom. The maximum absolute atomic E-state index is 4.72. The van der Waals surface area contributed by atoms with Crippen LogP contribution in [0.4, 0.5) is 0 Å². The Labute approximate surface area is 135 Å². The minimum atomic E-state index is 0.0837. The summed E-state index contributed by atoms with van der Waals surface area (Å²) < 4.78 is 3.22. The van der Waals surface area contributed by atoms with Crippen molar-refractivity contribution < 1.29 is 0 Å². The molecule has 0 aliphatic heterocycles. The van der Waals surface area contributed by atoms with Crippen LogP contribution in [0.5, 0.6) is 0 Å². The number of halogens is 1. The molecule has 3 nitrogen and oxygen atoms in total. The summed E-state index contributed by atoms with van der Waals surface area (Å²) in [5, 5.41) is 8.32. The van der Waals surface area contributed by atoms with Crippen LogP contribution in [0, 0.1) is 13.8 Å². The van der Waals surface area contributed by atoms with E-state index in [1.807, 2.05) is 6.92 Å². The van der Waals surface area contributed by atoms with Crippen molar-refractivity contribution in [2.24, 2.45) is 0 Å². The third-order valence-electron chi connectivity index (χ3n) is 3.54. The normalized spacial score (nSPS) is 13.4. The van der Waals surface area contributed by atoms with Crippen LogP contribution in [0.25, 0.3) is 0 Å². The topological polar surface area (TPSA) is 29.9 Å². The number of rotatable bonds is 4. The van der Waals surface area contributed by atoms with E-state index in [4.69, 9.17) is 5.10 Å². The molecule has 0 radical (unpaired) electrons. The van der Waals surface area contributed by atoms with Crippen molar-refractivity contribution in [2.45, 2.75) is 46.2 Å². The van der Waals surface area contributed by atoms with Crippen molar-refractivity contribution in [1.29, 1.82) is 0 Å². The number of aromatic nitrogens is 2. The Morgan fingerprint density at radius 3 is 2.29 bits per heavy atom. The van der Waals surface area contributed by atoms with E-state index in [1.165, 1.54) is 5.56 Å². The van der Waals surface area contributed by atoms with Gasteiger partial charge in [-0.25, -0.2) is 0 Å². The predicted molar refractivity (Wildman–Crippen MR) is 91.7 cm³/mol. The molecule has 1 N–H and O–H groups in total. The van der Waals surface area contributed by atoms with Crippen LogP contribution in [0.2, 0.25) is 0 Å². The molecule has 1 aromatic heterocycles. The number of nitrogens with zero attached hydrogens (tertiary/aromatic N) is 2. The zero-order chi connectivity index (χ0) is 15.6. The highest BCUT2D eigenvalue weighted by Crippen LogP contribution is 2.26. The summed E-state index contributed by atoms with van der Waals surface area (Å²) in [5.74, 6) is 0. The van der Waals surface area contributed by atoms with E-state index < -0.39 is 0 Å². The van der Waals surface area contributed by atoms with E-state index in [2.05, 4.69) is 84.0 Å². The summed E-state index contributed by atoms with van der Waals surface area (Å²) in [5.41, 5.74) is 3.55. The monoisotopic (exact) mass is 349 g/mol. The Kier molecular flexibility index (Phi) is 4.89. The fourth-order valence-electron chi connectivity index (χ4n) is 2.37. The number of nitrogens with one attached hydrogen (secondary N) is 1. The maximum Gasteiger partial charge on any atom is 0.0896 e. The quantitative estimate of drug-likeness (QED) is 0.894. The van der Waals surface area contributed by atoms with Crippen LogP contribution in [-0.2, 0) is 0 Å². The highest BCUT2D eigenvalue weighted by molar-refractivity contribution is 9.10. The molecule has 0 bridgehead atoms. The molecule has 0 fully saturated rings. The molecule has 0 aliphatic carbocycles. The van der Waals surface area contributed by atoms with Gasteiger partial charge in [0.05, 0.1) is 21.9 Å². The molecule has 0 saturated heterocycles. The summed E-state index contributed by atoms with van der Waals surface area (Å²) in [7, 11) is 0. The van der Waals surface area contributed by atoms with E-state index in [9.17, 15) is 0 Å². The first-order chi connectivity index (χ1) is 9.79. The van der Waals surface area contributed by atoms with Gasteiger partial charge < -0.3 is 5.32 Å². The van der Waals surface area contributed by atoms with Gasteiger partial charge in [-0.15, -0.1) is 0 Å².